The van der Waals surface area contributed by atoms with Gasteiger partial charge in [-0.15, -0.1) is 0 Å². The van der Waals surface area contributed by atoms with Crippen LogP contribution in [-0.4, -0.2) is 35.5 Å². The highest BCUT2D eigenvalue weighted by Crippen LogP contribution is 2.44. The summed E-state index contributed by atoms with van der Waals surface area (Å²) >= 11 is 0. The lowest BCUT2D eigenvalue weighted by molar-refractivity contribution is -0.132. The van der Waals surface area contributed by atoms with Crippen LogP contribution >= 0.6 is 0 Å². The summed E-state index contributed by atoms with van der Waals surface area (Å²) in [7, 11) is 1.51. The second kappa shape index (κ2) is 9.39. The number of benzene rings is 2. The Morgan fingerprint density at radius 3 is 2.35 bits per heavy atom. The topological polar surface area (TPSA) is 89.0 Å². The van der Waals surface area contributed by atoms with Gasteiger partial charge in [-0.2, -0.15) is 0 Å². The number of hydrogen-bond donors (Lipinski definition) is 1. The SMILES string of the molecule is CCOc1ccc(N2C(=O)C(=O)/C(=C(/O)c3cc(C)cc(C)c3OC)C2c2ccncc2)cc1. The zero-order valence-corrected chi connectivity index (χ0v) is 19.5. The molecule has 174 valence electrons. The first-order chi connectivity index (χ1) is 16.4. The molecule has 1 unspecified atom stereocenters. The predicted molar refractivity (Wildman–Crippen MR) is 129 cm³/mol. The molecule has 1 saturated heterocycles. The first-order valence-corrected chi connectivity index (χ1v) is 11.0. The molecule has 7 nitrogen and oxygen atoms in total. The number of nitrogens with zero attached hydrogens (tertiary/aromatic N) is 2. The van der Waals surface area contributed by atoms with Crippen molar-refractivity contribution in [3.63, 3.8) is 0 Å². The van der Waals surface area contributed by atoms with Gasteiger partial charge in [0.05, 0.1) is 30.9 Å². The van der Waals surface area contributed by atoms with E-state index in [0.29, 0.717) is 34.9 Å². The number of aryl methyl sites for hydroxylation is 2. The summed E-state index contributed by atoms with van der Waals surface area (Å²) in [5.41, 5.74) is 3.22. The van der Waals surface area contributed by atoms with E-state index in [1.54, 1.807) is 54.9 Å². The number of aromatic nitrogens is 1. The summed E-state index contributed by atoms with van der Waals surface area (Å²) in [5, 5.41) is 11.4. The van der Waals surface area contributed by atoms with Crippen LogP contribution in [0.25, 0.3) is 5.76 Å². The molecular weight excluding hydrogens is 432 g/mol. The van der Waals surface area contributed by atoms with Crippen molar-refractivity contribution >= 4 is 23.1 Å². The summed E-state index contributed by atoms with van der Waals surface area (Å²) in [6, 6.07) is 13.2. The van der Waals surface area contributed by atoms with Crippen LogP contribution in [-0.2, 0) is 9.59 Å². The first kappa shape index (κ1) is 23.0. The minimum atomic E-state index is -0.841. The van der Waals surface area contributed by atoms with Crippen LogP contribution in [0.4, 0.5) is 5.69 Å². The molecule has 2 heterocycles. The van der Waals surface area contributed by atoms with E-state index < -0.39 is 17.7 Å². The highest BCUT2D eigenvalue weighted by Gasteiger charge is 2.47. The summed E-state index contributed by atoms with van der Waals surface area (Å²) in [6.07, 6.45) is 3.18. The highest BCUT2D eigenvalue weighted by atomic mass is 16.5. The number of methoxy groups -OCH3 is 1. The first-order valence-electron chi connectivity index (χ1n) is 11.0. The number of ether oxygens (including phenoxy) is 2. The van der Waals surface area contributed by atoms with E-state index in [-0.39, 0.29) is 11.3 Å². The van der Waals surface area contributed by atoms with E-state index >= 15 is 0 Å². The fraction of sp³-hybridized carbons (Fsp3) is 0.222. The van der Waals surface area contributed by atoms with Gasteiger partial charge in [0.25, 0.3) is 11.7 Å². The van der Waals surface area contributed by atoms with Gasteiger partial charge in [-0.05, 0) is 79.9 Å². The number of amides is 1. The van der Waals surface area contributed by atoms with Crippen molar-refractivity contribution in [3.05, 3.63) is 88.8 Å². The Hall–Kier alpha value is -4.13. The minimum absolute atomic E-state index is 0.00613. The molecule has 0 spiro atoms. The largest absolute Gasteiger partial charge is 0.507 e. The smallest absolute Gasteiger partial charge is 0.300 e. The van der Waals surface area contributed by atoms with Crippen molar-refractivity contribution in [1.82, 2.24) is 4.98 Å². The zero-order valence-electron chi connectivity index (χ0n) is 19.5. The van der Waals surface area contributed by atoms with Gasteiger partial charge >= 0.3 is 0 Å². The molecule has 2 aromatic carbocycles. The Balaban J connectivity index is 1.94. The molecule has 1 fully saturated rings. The predicted octanol–water partition coefficient (Wildman–Crippen LogP) is 4.73. The van der Waals surface area contributed by atoms with Crippen molar-refractivity contribution in [2.45, 2.75) is 26.8 Å². The normalized spacial score (nSPS) is 17.2. The van der Waals surface area contributed by atoms with E-state index in [1.807, 2.05) is 26.8 Å². The number of ketones is 1. The van der Waals surface area contributed by atoms with Crippen LogP contribution in [0, 0.1) is 13.8 Å². The van der Waals surface area contributed by atoms with Crippen LogP contribution in [0.1, 0.15) is 35.2 Å². The van der Waals surface area contributed by atoms with E-state index in [2.05, 4.69) is 4.98 Å². The van der Waals surface area contributed by atoms with Crippen molar-refractivity contribution in [2.75, 3.05) is 18.6 Å². The van der Waals surface area contributed by atoms with Gasteiger partial charge in [0.1, 0.15) is 17.3 Å². The molecule has 0 bridgehead atoms. The third-order valence-electron chi connectivity index (χ3n) is 5.77. The van der Waals surface area contributed by atoms with Crippen LogP contribution in [0.15, 0.2) is 66.5 Å². The van der Waals surface area contributed by atoms with E-state index in [0.717, 1.165) is 11.1 Å². The molecule has 1 amide bonds. The highest BCUT2D eigenvalue weighted by molar-refractivity contribution is 6.51. The molecule has 4 rings (SSSR count). The molecule has 1 aliphatic heterocycles. The van der Waals surface area contributed by atoms with Crippen molar-refractivity contribution in [3.8, 4) is 11.5 Å². The number of pyridine rings is 1. The monoisotopic (exact) mass is 458 g/mol. The molecular formula is C27H26N2O5. The molecule has 0 aliphatic carbocycles. The molecule has 0 saturated carbocycles. The Kier molecular flexibility index (Phi) is 6.36. The lowest BCUT2D eigenvalue weighted by Gasteiger charge is -2.25. The summed E-state index contributed by atoms with van der Waals surface area (Å²) in [6.45, 7) is 6.15. The Morgan fingerprint density at radius 1 is 1.06 bits per heavy atom. The van der Waals surface area contributed by atoms with Crippen LogP contribution in [0.5, 0.6) is 11.5 Å². The van der Waals surface area contributed by atoms with Crippen LogP contribution in [0.2, 0.25) is 0 Å². The van der Waals surface area contributed by atoms with Gasteiger partial charge in [0.2, 0.25) is 0 Å². The lowest BCUT2D eigenvalue weighted by Crippen LogP contribution is -2.29. The number of carbonyl (C=O) groups excluding carboxylic acids is 2. The maximum atomic E-state index is 13.3. The zero-order chi connectivity index (χ0) is 24.4. The average Bonchev–Trinajstić information content (AvgIpc) is 3.10. The quantitative estimate of drug-likeness (QED) is 0.326. The fourth-order valence-electron chi connectivity index (χ4n) is 4.38. The minimum Gasteiger partial charge on any atom is -0.507 e. The summed E-state index contributed by atoms with van der Waals surface area (Å²) in [4.78, 5) is 32.1. The second-order valence-electron chi connectivity index (χ2n) is 8.04. The molecule has 7 heteroatoms. The molecule has 1 N–H and O–H groups in total. The standard InChI is InChI=1S/C27H26N2O5/c1-5-34-20-8-6-19(7-9-20)29-23(18-10-12-28-13-11-18)22(25(31)27(29)32)24(30)21-15-16(2)14-17(3)26(21)33-4/h6-15,23,30H,5H2,1-4H3/b24-22+. The molecule has 1 aromatic heterocycles. The van der Waals surface area contributed by atoms with Gasteiger partial charge in [0, 0.05) is 18.1 Å². The molecule has 3 aromatic rings. The Labute approximate surface area is 198 Å². The van der Waals surface area contributed by atoms with Gasteiger partial charge in [-0.1, -0.05) is 6.07 Å². The van der Waals surface area contributed by atoms with Gasteiger partial charge in [-0.25, -0.2) is 0 Å². The third-order valence-corrected chi connectivity index (χ3v) is 5.77. The Morgan fingerprint density at radius 2 is 1.74 bits per heavy atom. The van der Waals surface area contributed by atoms with Gasteiger partial charge in [0.15, 0.2) is 0 Å². The summed E-state index contributed by atoms with van der Waals surface area (Å²) in [5.74, 6) is -0.672. The van der Waals surface area contributed by atoms with Crippen molar-refractivity contribution in [2.24, 2.45) is 0 Å². The number of aliphatic hydroxyl groups excluding tert-OH is 1. The molecule has 34 heavy (non-hydrogen) atoms. The second-order valence-corrected chi connectivity index (χ2v) is 8.04. The summed E-state index contributed by atoms with van der Waals surface area (Å²) < 4.78 is 11.0. The number of aliphatic hydroxyl groups is 1. The van der Waals surface area contributed by atoms with Gasteiger partial charge in [-0.3, -0.25) is 19.5 Å². The molecule has 1 aliphatic rings. The maximum absolute atomic E-state index is 13.3. The van der Waals surface area contributed by atoms with E-state index in [9.17, 15) is 14.7 Å². The van der Waals surface area contributed by atoms with E-state index in [1.165, 1.54) is 12.0 Å². The van der Waals surface area contributed by atoms with E-state index in [4.69, 9.17) is 9.47 Å². The third kappa shape index (κ3) is 4.01. The van der Waals surface area contributed by atoms with Gasteiger partial charge < -0.3 is 14.6 Å². The number of rotatable bonds is 6. The maximum Gasteiger partial charge on any atom is 0.300 e. The van der Waals surface area contributed by atoms with Crippen molar-refractivity contribution in [1.29, 1.82) is 0 Å². The lowest BCUT2D eigenvalue weighted by atomic mass is 9.94. The number of carbonyl (C=O) groups is 2. The number of Topliss-reactive ketones (excluding diaryl/α,β-unsaturated/α-hetero) is 1. The van der Waals surface area contributed by atoms with Crippen LogP contribution in [0.3, 0.4) is 0 Å². The number of hydrogen-bond acceptors (Lipinski definition) is 6. The van der Waals surface area contributed by atoms with Crippen molar-refractivity contribution < 1.29 is 24.2 Å². The fourth-order valence-corrected chi connectivity index (χ4v) is 4.38. The molecule has 0 radical (unpaired) electrons. The molecule has 1 atom stereocenters. The Bertz CT molecular complexity index is 1270. The number of anilines is 1. The van der Waals surface area contributed by atoms with Crippen LogP contribution < -0.4 is 14.4 Å². The average molecular weight is 459 g/mol.